The van der Waals surface area contributed by atoms with Crippen LogP contribution in [0.25, 0.3) is 0 Å². The molecule has 5 heteroatoms. The van der Waals surface area contributed by atoms with Gasteiger partial charge in [0.25, 0.3) is 0 Å². The third kappa shape index (κ3) is 3.72. The van der Waals surface area contributed by atoms with Crippen molar-refractivity contribution in [1.29, 1.82) is 0 Å². The molecule has 0 unspecified atom stereocenters. The Labute approximate surface area is 137 Å². The summed E-state index contributed by atoms with van der Waals surface area (Å²) in [7, 11) is -1.85. The minimum Gasteiger partial charge on any atom is -0.207 e. The lowest BCUT2D eigenvalue weighted by atomic mass is 10.1. The molecule has 118 valence electrons. The molecule has 3 nitrogen and oxygen atoms in total. The van der Waals surface area contributed by atoms with E-state index >= 15 is 0 Å². The second-order valence-electron chi connectivity index (χ2n) is 5.36. The van der Waals surface area contributed by atoms with E-state index < -0.39 is 10.0 Å². The van der Waals surface area contributed by atoms with Crippen LogP contribution in [0.2, 0.25) is 0 Å². The predicted octanol–water partition coefficient (Wildman–Crippen LogP) is 3.85. The summed E-state index contributed by atoms with van der Waals surface area (Å²) < 4.78 is 26.7. The van der Waals surface area contributed by atoms with Crippen molar-refractivity contribution in [3.63, 3.8) is 0 Å². The maximum Gasteiger partial charge on any atom is 0.243 e. The number of sulfonamides is 1. The molecule has 0 heterocycles. The van der Waals surface area contributed by atoms with Gasteiger partial charge in [0.05, 0.1) is 4.90 Å². The molecule has 2 aromatic carbocycles. The Morgan fingerprint density at radius 1 is 1.00 bits per heavy atom. The smallest absolute Gasteiger partial charge is 0.207 e. The van der Waals surface area contributed by atoms with E-state index in [0.29, 0.717) is 11.4 Å². The van der Waals surface area contributed by atoms with Crippen LogP contribution in [0, 0.1) is 13.8 Å². The molecule has 0 fully saturated rings. The number of aryl methyl sites for hydroxylation is 2. The van der Waals surface area contributed by atoms with Crippen LogP contribution in [-0.4, -0.2) is 26.0 Å². The summed E-state index contributed by atoms with van der Waals surface area (Å²) in [4.78, 5) is 1.52. The standard InChI is InChI=1S/C17H21NO2S2/c1-13-5-10-17(11-14(13)2)22(19,20)18(3)12-15-6-8-16(21-4)9-7-15/h5-11H,12H2,1-4H3. The van der Waals surface area contributed by atoms with E-state index in [9.17, 15) is 8.42 Å². The van der Waals surface area contributed by atoms with E-state index in [1.165, 1.54) is 9.20 Å². The third-order valence-electron chi connectivity index (χ3n) is 3.75. The van der Waals surface area contributed by atoms with Crippen LogP contribution in [0.1, 0.15) is 16.7 Å². The fourth-order valence-electron chi connectivity index (χ4n) is 2.13. The largest absolute Gasteiger partial charge is 0.243 e. The zero-order valence-corrected chi connectivity index (χ0v) is 15.0. The molecule has 0 amide bonds. The molecule has 0 saturated heterocycles. The van der Waals surface area contributed by atoms with Crippen LogP contribution in [0.4, 0.5) is 0 Å². The van der Waals surface area contributed by atoms with Crippen molar-refractivity contribution in [2.45, 2.75) is 30.2 Å². The quantitative estimate of drug-likeness (QED) is 0.779. The lowest BCUT2D eigenvalue weighted by Gasteiger charge is -2.18. The molecule has 0 saturated carbocycles. The SMILES string of the molecule is CSc1ccc(CN(C)S(=O)(=O)c2ccc(C)c(C)c2)cc1. The molecule has 0 aromatic heterocycles. The molecule has 2 rings (SSSR count). The van der Waals surface area contributed by atoms with Gasteiger partial charge in [-0.15, -0.1) is 11.8 Å². The van der Waals surface area contributed by atoms with Gasteiger partial charge < -0.3 is 0 Å². The summed E-state index contributed by atoms with van der Waals surface area (Å²) in [6.45, 7) is 4.27. The zero-order chi connectivity index (χ0) is 16.3. The molecule has 0 N–H and O–H groups in total. The first kappa shape index (κ1) is 17.1. The molecule has 22 heavy (non-hydrogen) atoms. The number of hydrogen-bond donors (Lipinski definition) is 0. The fraction of sp³-hybridized carbons (Fsp3) is 0.294. The molecular formula is C17H21NO2S2. The Bertz CT molecular complexity index is 753. The normalized spacial score (nSPS) is 11.9. The van der Waals surface area contributed by atoms with Gasteiger partial charge in [0, 0.05) is 18.5 Å². The number of hydrogen-bond acceptors (Lipinski definition) is 3. The fourth-order valence-corrected chi connectivity index (χ4v) is 3.78. The maximum absolute atomic E-state index is 12.6. The van der Waals surface area contributed by atoms with Crippen molar-refractivity contribution >= 4 is 21.8 Å². The summed E-state index contributed by atoms with van der Waals surface area (Å²) >= 11 is 1.67. The average molecular weight is 335 g/mol. The summed E-state index contributed by atoms with van der Waals surface area (Å²) in [6.07, 6.45) is 2.02. The van der Waals surface area contributed by atoms with Crippen LogP contribution in [0.3, 0.4) is 0 Å². The Balaban J connectivity index is 2.22. The Kier molecular flexibility index (Phi) is 5.32. The first-order chi connectivity index (χ1) is 10.3. The second-order valence-corrected chi connectivity index (χ2v) is 8.28. The molecule has 0 aliphatic rings. The van der Waals surface area contributed by atoms with Gasteiger partial charge >= 0.3 is 0 Å². The minimum atomic E-state index is -3.46. The van der Waals surface area contributed by atoms with Crippen molar-refractivity contribution in [3.8, 4) is 0 Å². The number of rotatable bonds is 5. The van der Waals surface area contributed by atoms with Gasteiger partial charge in [-0.25, -0.2) is 8.42 Å². The van der Waals surface area contributed by atoms with Gasteiger partial charge in [-0.3, -0.25) is 0 Å². The molecule has 0 aliphatic carbocycles. The summed E-state index contributed by atoms with van der Waals surface area (Å²) in [5.41, 5.74) is 3.06. The van der Waals surface area contributed by atoms with E-state index in [-0.39, 0.29) is 0 Å². The third-order valence-corrected chi connectivity index (χ3v) is 6.29. The lowest BCUT2D eigenvalue weighted by Crippen LogP contribution is -2.26. The van der Waals surface area contributed by atoms with Crippen LogP contribution >= 0.6 is 11.8 Å². The van der Waals surface area contributed by atoms with Crippen LogP contribution in [0.15, 0.2) is 52.3 Å². The molecule has 0 atom stereocenters. The number of benzene rings is 2. The minimum absolute atomic E-state index is 0.346. The highest BCUT2D eigenvalue weighted by Gasteiger charge is 2.21. The highest BCUT2D eigenvalue weighted by Crippen LogP contribution is 2.21. The van der Waals surface area contributed by atoms with E-state index in [2.05, 4.69) is 0 Å². The summed E-state index contributed by atoms with van der Waals surface area (Å²) in [5.74, 6) is 0. The van der Waals surface area contributed by atoms with E-state index in [1.54, 1.807) is 30.9 Å². The molecule has 0 spiro atoms. The first-order valence-electron chi connectivity index (χ1n) is 7.01. The molecule has 0 aliphatic heterocycles. The highest BCUT2D eigenvalue weighted by molar-refractivity contribution is 7.98. The Morgan fingerprint density at radius 3 is 2.18 bits per heavy atom. The van der Waals surface area contributed by atoms with Crippen molar-refractivity contribution in [2.24, 2.45) is 0 Å². The van der Waals surface area contributed by atoms with Crippen molar-refractivity contribution in [2.75, 3.05) is 13.3 Å². The van der Waals surface area contributed by atoms with Gasteiger partial charge in [0.2, 0.25) is 10.0 Å². The van der Waals surface area contributed by atoms with E-state index in [1.807, 2.05) is 50.4 Å². The monoisotopic (exact) mass is 335 g/mol. The van der Waals surface area contributed by atoms with Gasteiger partial charge in [-0.05, 0) is 61.1 Å². The summed E-state index contributed by atoms with van der Waals surface area (Å²) in [6, 6.07) is 13.2. The van der Waals surface area contributed by atoms with Gasteiger partial charge in [-0.2, -0.15) is 4.31 Å². The average Bonchev–Trinajstić information content (AvgIpc) is 2.50. The highest BCUT2D eigenvalue weighted by atomic mass is 32.2. The number of nitrogens with zero attached hydrogens (tertiary/aromatic N) is 1. The van der Waals surface area contributed by atoms with Gasteiger partial charge in [0.15, 0.2) is 0 Å². The summed E-state index contributed by atoms with van der Waals surface area (Å²) in [5, 5.41) is 0. The Morgan fingerprint density at radius 2 is 1.64 bits per heavy atom. The predicted molar refractivity (Wildman–Crippen MR) is 92.8 cm³/mol. The topological polar surface area (TPSA) is 37.4 Å². The molecular weight excluding hydrogens is 314 g/mol. The number of thioether (sulfide) groups is 1. The maximum atomic E-state index is 12.6. The molecule has 0 bridgehead atoms. The van der Waals surface area contributed by atoms with Gasteiger partial charge in [0.1, 0.15) is 0 Å². The zero-order valence-electron chi connectivity index (χ0n) is 13.3. The van der Waals surface area contributed by atoms with E-state index in [0.717, 1.165) is 16.7 Å². The van der Waals surface area contributed by atoms with Gasteiger partial charge in [-0.1, -0.05) is 18.2 Å². The van der Waals surface area contributed by atoms with E-state index in [4.69, 9.17) is 0 Å². The van der Waals surface area contributed by atoms with Crippen molar-refractivity contribution in [3.05, 3.63) is 59.2 Å². The lowest BCUT2D eigenvalue weighted by molar-refractivity contribution is 0.466. The second kappa shape index (κ2) is 6.86. The molecule has 2 aromatic rings. The van der Waals surface area contributed by atoms with Crippen LogP contribution in [-0.2, 0) is 16.6 Å². The first-order valence-corrected chi connectivity index (χ1v) is 9.67. The molecule has 0 radical (unpaired) electrons. The van der Waals surface area contributed by atoms with Crippen LogP contribution in [0.5, 0.6) is 0 Å². The van der Waals surface area contributed by atoms with Crippen molar-refractivity contribution < 1.29 is 8.42 Å². The van der Waals surface area contributed by atoms with Crippen molar-refractivity contribution in [1.82, 2.24) is 4.31 Å². The Hall–Kier alpha value is -1.30. The van der Waals surface area contributed by atoms with Crippen LogP contribution < -0.4 is 0 Å².